The van der Waals surface area contributed by atoms with Gasteiger partial charge in [0.1, 0.15) is 0 Å². The maximum absolute atomic E-state index is 8.93. The van der Waals surface area contributed by atoms with Crippen molar-refractivity contribution in [3.8, 4) is 0 Å². The maximum atomic E-state index is 8.93. The van der Waals surface area contributed by atoms with E-state index in [9.17, 15) is 0 Å². The standard InChI is InChI=1S/C2H6O.4C2H5O.Zr/c5*1-2-3;/h3H,2H2,1H3;4*2H2,1H3;/q;4*-1;+4. The minimum Gasteiger partial charge on any atom is -0.855 e. The zero-order valence-corrected chi connectivity index (χ0v) is 13.6. The third-order valence-corrected chi connectivity index (χ3v) is 0. The Morgan fingerprint density at radius 3 is 0.625 bits per heavy atom. The molecule has 0 fully saturated rings. The van der Waals surface area contributed by atoms with Gasteiger partial charge in [-0.15, -0.1) is 26.4 Å². The van der Waals surface area contributed by atoms with E-state index in [-0.39, 0.29) is 59.2 Å². The van der Waals surface area contributed by atoms with Crippen molar-refractivity contribution in [2.45, 2.75) is 34.6 Å². The van der Waals surface area contributed by atoms with E-state index < -0.39 is 0 Å². The first kappa shape index (κ1) is 36.0. The van der Waals surface area contributed by atoms with Gasteiger partial charge in [-0.1, -0.05) is 27.7 Å². The molecule has 0 heterocycles. The van der Waals surface area contributed by atoms with Crippen LogP contribution in [0.1, 0.15) is 34.6 Å². The number of hydrogen-bond acceptors (Lipinski definition) is 5. The molecule has 0 saturated carbocycles. The second kappa shape index (κ2) is 105. The molecule has 6 heteroatoms. The van der Waals surface area contributed by atoms with E-state index in [1.54, 1.807) is 34.6 Å². The van der Waals surface area contributed by atoms with Gasteiger partial charge in [-0.2, -0.15) is 0 Å². The van der Waals surface area contributed by atoms with Crippen molar-refractivity contribution in [3.63, 3.8) is 0 Å². The molecule has 0 spiro atoms. The molecule has 0 saturated heterocycles. The number of rotatable bonds is 0. The predicted molar refractivity (Wildman–Crippen MR) is 54.9 cm³/mol. The molecule has 0 aromatic carbocycles. The van der Waals surface area contributed by atoms with E-state index >= 15 is 0 Å². The van der Waals surface area contributed by atoms with Crippen LogP contribution in [-0.2, 0) is 26.2 Å². The summed E-state index contributed by atoms with van der Waals surface area (Å²) in [7, 11) is 0. The van der Waals surface area contributed by atoms with Crippen molar-refractivity contribution >= 4 is 0 Å². The molecule has 5 nitrogen and oxygen atoms in total. The van der Waals surface area contributed by atoms with Gasteiger partial charge in [0.2, 0.25) is 0 Å². The van der Waals surface area contributed by atoms with Gasteiger partial charge >= 0.3 is 26.2 Å². The Morgan fingerprint density at radius 1 is 0.625 bits per heavy atom. The summed E-state index contributed by atoms with van der Waals surface area (Å²) in [5, 5.41) is 43.3. The quantitative estimate of drug-likeness (QED) is 0.529. The molecule has 0 aromatic rings. The average molecular weight is 318 g/mol. The fraction of sp³-hybridized carbons (Fsp3) is 1.00. The van der Waals surface area contributed by atoms with Gasteiger partial charge in [-0.3, -0.25) is 0 Å². The molecule has 0 radical (unpaired) electrons. The summed E-state index contributed by atoms with van der Waals surface area (Å²) >= 11 is 0. The third kappa shape index (κ3) is 5890. The van der Waals surface area contributed by atoms with Crippen molar-refractivity contribution in [2.75, 3.05) is 33.0 Å². The summed E-state index contributed by atoms with van der Waals surface area (Å²) in [6.45, 7) is 8.21. The van der Waals surface area contributed by atoms with Crippen LogP contribution in [0, 0.1) is 0 Å². The van der Waals surface area contributed by atoms with Crippen LogP contribution in [0.5, 0.6) is 0 Å². The molecule has 0 unspecified atom stereocenters. The van der Waals surface area contributed by atoms with Crippen molar-refractivity contribution in [3.05, 3.63) is 0 Å². The number of aliphatic hydroxyl groups is 1. The molecule has 0 aliphatic rings. The van der Waals surface area contributed by atoms with Gasteiger partial charge in [0.15, 0.2) is 0 Å². The fourth-order valence-electron chi connectivity index (χ4n) is 0. The van der Waals surface area contributed by atoms with Crippen molar-refractivity contribution in [1.29, 1.82) is 0 Å². The normalized spacial score (nSPS) is 5.62. The van der Waals surface area contributed by atoms with Crippen molar-refractivity contribution in [2.24, 2.45) is 0 Å². The first-order chi connectivity index (χ1) is 7.07. The molecule has 0 aliphatic heterocycles. The molecule has 0 bridgehead atoms. The molecule has 16 heavy (non-hydrogen) atoms. The van der Waals surface area contributed by atoms with E-state index in [0.717, 1.165) is 0 Å². The van der Waals surface area contributed by atoms with E-state index in [1.807, 2.05) is 0 Å². The smallest absolute Gasteiger partial charge is 0.855 e. The Labute approximate surface area is 119 Å². The molecular formula is C10H26O5Zr. The summed E-state index contributed by atoms with van der Waals surface area (Å²) < 4.78 is 0. The van der Waals surface area contributed by atoms with Crippen LogP contribution in [-0.4, -0.2) is 38.1 Å². The second-order valence-corrected chi connectivity index (χ2v) is 1.47. The summed E-state index contributed by atoms with van der Waals surface area (Å²) in [6.07, 6.45) is 0. The first-order valence-corrected chi connectivity index (χ1v) is 5.01. The zero-order chi connectivity index (χ0) is 13.5. The van der Waals surface area contributed by atoms with Crippen molar-refractivity contribution in [1.82, 2.24) is 0 Å². The fourth-order valence-corrected chi connectivity index (χ4v) is 0. The van der Waals surface area contributed by atoms with Crippen LogP contribution in [0.2, 0.25) is 0 Å². The van der Waals surface area contributed by atoms with E-state index in [4.69, 9.17) is 25.5 Å². The van der Waals surface area contributed by atoms with Crippen LogP contribution >= 0.6 is 0 Å². The Morgan fingerprint density at radius 2 is 0.625 bits per heavy atom. The predicted octanol–water partition coefficient (Wildman–Crippen LogP) is -2.54. The third-order valence-electron chi connectivity index (χ3n) is 0. The molecule has 0 amide bonds. The number of hydrogen-bond donors (Lipinski definition) is 1. The summed E-state index contributed by atoms with van der Waals surface area (Å²) in [4.78, 5) is 0. The SMILES string of the molecule is CCO.CC[O-].CC[O-].CC[O-].CC[O-].[Zr+4]. The van der Waals surface area contributed by atoms with Gasteiger partial charge in [-0.05, 0) is 6.92 Å². The molecule has 0 aliphatic carbocycles. The Hall–Kier alpha value is 0.683. The van der Waals surface area contributed by atoms with Crippen molar-refractivity contribution < 1.29 is 51.7 Å². The van der Waals surface area contributed by atoms with Gasteiger partial charge in [0.05, 0.1) is 0 Å². The van der Waals surface area contributed by atoms with Crippen LogP contribution in [0.15, 0.2) is 0 Å². The van der Waals surface area contributed by atoms with Gasteiger partial charge < -0.3 is 25.5 Å². The Balaban J connectivity index is -0.0000000192. The summed E-state index contributed by atoms with van der Waals surface area (Å²) in [5.74, 6) is 0. The van der Waals surface area contributed by atoms with E-state index in [1.165, 1.54) is 0 Å². The van der Waals surface area contributed by atoms with Crippen LogP contribution < -0.4 is 20.4 Å². The van der Waals surface area contributed by atoms with Crippen LogP contribution in [0.4, 0.5) is 0 Å². The molecule has 0 atom stereocenters. The molecule has 100 valence electrons. The molecule has 1 N–H and O–H groups in total. The Kier molecular flexibility index (Phi) is 235. The van der Waals surface area contributed by atoms with Gasteiger partial charge in [-0.25, -0.2) is 0 Å². The second-order valence-electron chi connectivity index (χ2n) is 1.47. The topological polar surface area (TPSA) is 112 Å². The Bertz CT molecular complexity index is 30.8. The minimum atomic E-state index is 0. The van der Waals surface area contributed by atoms with E-state index in [2.05, 4.69) is 0 Å². The van der Waals surface area contributed by atoms with Gasteiger partial charge in [0, 0.05) is 6.61 Å². The first-order valence-electron chi connectivity index (χ1n) is 5.01. The molecular weight excluding hydrogens is 291 g/mol. The largest absolute Gasteiger partial charge is 4.00 e. The maximum Gasteiger partial charge on any atom is 4.00 e. The van der Waals surface area contributed by atoms with Gasteiger partial charge in [0.25, 0.3) is 0 Å². The van der Waals surface area contributed by atoms with E-state index in [0.29, 0.717) is 0 Å². The minimum absolute atomic E-state index is 0. The summed E-state index contributed by atoms with van der Waals surface area (Å²) in [6, 6.07) is 0. The average Bonchev–Trinajstić information content (AvgIpc) is 2.09. The molecule has 0 rings (SSSR count). The number of aliphatic hydroxyl groups excluding tert-OH is 1. The zero-order valence-electron chi connectivity index (χ0n) is 11.1. The summed E-state index contributed by atoms with van der Waals surface area (Å²) in [5.41, 5.74) is 0. The monoisotopic (exact) mass is 316 g/mol. The molecule has 0 aromatic heterocycles. The van der Waals surface area contributed by atoms with Crippen LogP contribution in [0.3, 0.4) is 0 Å². The van der Waals surface area contributed by atoms with Crippen LogP contribution in [0.25, 0.3) is 0 Å².